The number of nitrogens with one attached hydrogen (secondary N) is 2. The fourth-order valence-electron chi connectivity index (χ4n) is 4.05. The van der Waals surface area contributed by atoms with Gasteiger partial charge < -0.3 is 15.5 Å². The molecule has 0 saturated heterocycles. The smallest absolute Gasteiger partial charge is 0.313 e. The highest BCUT2D eigenvalue weighted by atomic mass is 16.2. The monoisotopic (exact) mass is 497 g/mol. The number of benzene rings is 1. The third-order valence-electron chi connectivity index (χ3n) is 6.18. The molecule has 0 atom stereocenters. The zero-order chi connectivity index (χ0) is 27.6. The van der Waals surface area contributed by atoms with E-state index in [1.165, 1.54) is 0 Å². The van der Waals surface area contributed by atoms with Crippen molar-refractivity contribution in [3.8, 4) is 0 Å². The molecule has 1 aromatic carbocycles. The van der Waals surface area contributed by atoms with Gasteiger partial charge in [-0.15, -0.1) is 0 Å². The number of rotatable bonds is 7. The predicted molar refractivity (Wildman–Crippen MR) is 150 cm³/mol. The molecule has 2 aromatic rings. The number of hydrogen-bond donors (Lipinski definition) is 2. The van der Waals surface area contributed by atoms with Crippen LogP contribution in [-0.2, 0) is 15.7 Å². The maximum absolute atomic E-state index is 13.5. The van der Waals surface area contributed by atoms with E-state index in [-0.39, 0.29) is 47.3 Å². The Kier molecular flexibility index (Phi) is 9.03. The fraction of sp³-hybridized carbons (Fsp3) is 0.621. The highest BCUT2D eigenvalue weighted by Crippen LogP contribution is 2.33. The van der Waals surface area contributed by atoms with Crippen molar-refractivity contribution in [2.45, 2.75) is 112 Å². The molecule has 0 unspecified atom stereocenters. The molecule has 0 aliphatic carbocycles. The molecule has 3 amide bonds. The average molecular weight is 498 g/mol. The fourth-order valence-corrected chi connectivity index (χ4v) is 4.05. The molecule has 0 spiro atoms. The van der Waals surface area contributed by atoms with Gasteiger partial charge in [0.1, 0.15) is 12.4 Å². The van der Waals surface area contributed by atoms with Gasteiger partial charge in [0.15, 0.2) is 0 Å². The Bertz CT molecular complexity index is 1040. The summed E-state index contributed by atoms with van der Waals surface area (Å²) >= 11 is 0. The van der Waals surface area contributed by atoms with Crippen LogP contribution in [0, 0.1) is 0 Å². The summed E-state index contributed by atoms with van der Waals surface area (Å²) in [5.74, 6) is 0.883. The van der Waals surface area contributed by atoms with Crippen LogP contribution in [0.15, 0.2) is 24.3 Å². The van der Waals surface area contributed by atoms with Gasteiger partial charge in [-0.1, -0.05) is 66.7 Å². The summed E-state index contributed by atoms with van der Waals surface area (Å²) < 4.78 is 1.85. The van der Waals surface area contributed by atoms with Gasteiger partial charge in [-0.25, -0.2) is 9.48 Å². The molecule has 1 heterocycles. The molecule has 0 saturated carbocycles. The first kappa shape index (κ1) is 29.4. The Morgan fingerprint density at radius 2 is 1.44 bits per heavy atom. The first-order valence-corrected chi connectivity index (χ1v) is 13.0. The van der Waals surface area contributed by atoms with Crippen LogP contribution < -0.4 is 10.6 Å². The molecular formula is C29H47N5O2. The Hall–Kier alpha value is -2.83. The topological polar surface area (TPSA) is 79.3 Å². The Morgan fingerprint density at radius 1 is 0.917 bits per heavy atom. The third-order valence-corrected chi connectivity index (χ3v) is 6.18. The van der Waals surface area contributed by atoms with Crippen molar-refractivity contribution in [1.82, 2.24) is 14.7 Å². The van der Waals surface area contributed by atoms with Crippen molar-refractivity contribution in [2.75, 3.05) is 17.2 Å². The molecule has 200 valence electrons. The summed E-state index contributed by atoms with van der Waals surface area (Å²) in [6.07, 6.45) is 0. The van der Waals surface area contributed by atoms with Crippen molar-refractivity contribution in [2.24, 2.45) is 0 Å². The third kappa shape index (κ3) is 7.11. The number of amides is 3. The lowest BCUT2D eigenvalue weighted by molar-refractivity contribution is -0.117. The lowest BCUT2D eigenvalue weighted by atomic mass is 9.92. The van der Waals surface area contributed by atoms with Gasteiger partial charge in [-0.2, -0.15) is 5.10 Å². The lowest BCUT2D eigenvalue weighted by Crippen LogP contribution is -2.45. The maximum Gasteiger partial charge on any atom is 0.322 e. The van der Waals surface area contributed by atoms with Crippen LogP contribution in [0.1, 0.15) is 112 Å². The summed E-state index contributed by atoms with van der Waals surface area (Å²) in [6.45, 7) is 24.7. The van der Waals surface area contributed by atoms with E-state index >= 15 is 0 Å². The molecule has 1 aromatic heterocycles. The lowest BCUT2D eigenvalue weighted by Gasteiger charge is -2.29. The number of carbonyl (C=O) groups is 2. The zero-order valence-corrected chi connectivity index (χ0v) is 24.4. The van der Waals surface area contributed by atoms with Gasteiger partial charge in [0, 0.05) is 23.2 Å². The minimum Gasteiger partial charge on any atom is -0.313 e. The largest absolute Gasteiger partial charge is 0.322 e. The molecular weight excluding hydrogens is 450 g/mol. The van der Waals surface area contributed by atoms with E-state index in [2.05, 4.69) is 92.0 Å². The first-order chi connectivity index (χ1) is 16.4. The minimum absolute atomic E-state index is 0.0649. The summed E-state index contributed by atoms with van der Waals surface area (Å²) in [6, 6.07) is 7.63. The Balaban J connectivity index is 2.31. The van der Waals surface area contributed by atoms with Gasteiger partial charge in [0.25, 0.3) is 0 Å². The number of carbonyl (C=O) groups excluding carboxylic acids is 2. The number of anilines is 2. The summed E-state index contributed by atoms with van der Waals surface area (Å²) in [7, 11) is 0. The Labute approximate surface area is 218 Å². The molecule has 0 radical (unpaired) electrons. The molecule has 2 rings (SSSR count). The second-order valence-electron chi connectivity index (χ2n) is 12.6. The molecule has 36 heavy (non-hydrogen) atoms. The van der Waals surface area contributed by atoms with E-state index in [4.69, 9.17) is 5.10 Å². The molecule has 2 N–H and O–H groups in total. The molecule has 0 aliphatic heterocycles. The van der Waals surface area contributed by atoms with Crippen LogP contribution in [0.25, 0.3) is 0 Å². The summed E-state index contributed by atoms with van der Waals surface area (Å²) in [4.78, 5) is 28.2. The van der Waals surface area contributed by atoms with Crippen LogP contribution in [0.3, 0.4) is 0 Å². The highest BCUT2D eigenvalue weighted by molar-refractivity contribution is 5.97. The van der Waals surface area contributed by atoms with Crippen LogP contribution >= 0.6 is 0 Å². The van der Waals surface area contributed by atoms with Gasteiger partial charge in [0.2, 0.25) is 5.91 Å². The second kappa shape index (κ2) is 11.1. The van der Waals surface area contributed by atoms with Gasteiger partial charge in [-0.3, -0.25) is 4.79 Å². The van der Waals surface area contributed by atoms with E-state index in [1.807, 2.05) is 30.7 Å². The number of aromatic nitrogens is 2. The number of nitrogens with zero attached hydrogens (tertiary/aromatic N) is 3. The predicted octanol–water partition coefficient (Wildman–Crippen LogP) is 7.06. The van der Waals surface area contributed by atoms with Crippen LogP contribution in [0.5, 0.6) is 0 Å². The molecule has 7 heteroatoms. The van der Waals surface area contributed by atoms with E-state index in [0.717, 1.165) is 22.5 Å². The van der Waals surface area contributed by atoms with Crippen molar-refractivity contribution < 1.29 is 9.59 Å². The normalized spacial score (nSPS) is 12.4. The standard InChI is InChI=1S/C29H47N5O2/c1-18(2)21-14-13-15-22(19(3)4)26(21)31-27(36)33(20(5)6)17-25(35)30-24-16-23(28(7,8)9)32-34(24)29(10,11)12/h13-16,18-20H,17H2,1-12H3,(H,30,35)(H,31,36). The molecule has 7 nitrogen and oxygen atoms in total. The maximum atomic E-state index is 13.5. The second-order valence-corrected chi connectivity index (χ2v) is 12.6. The average Bonchev–Trinajstić information content (AvgIpc) is 3.16. The van der Waals surface area contributed by atoms with Gasteiger partial charge in [0.05, 0.1) is 11.2 Å². The van der Waals surface area contributed by atoms with Crippen molar-refractivity contribution in [3.63, 3.8) is 0 Å². The van der Waals surface area contributed by atoms with Crippen LogP contribution in [-0.4, -0.2) is 39.2 Å². The zero-order valence-electron chi connectivity index (χ0n) is 24.4. The van der Waals surface area contributed by atoms with E-state index < -0.39 is 0 Å². The quantitative estimate of drug-likeness (QED) is 0.429. The van der Waals surface area contributed by atoms with E-state index in [1.54, 1.807) is 4.90 Å². The number of urea groups is 1. The van der Waals surface area contributed by atoms with Gasteiger partial charge >= 0.3 is 6.03 Å². The summed E-state index contributed by atoms with van der Waals surface area (Å²) in [5, 5.41) is 10.9. The minimum atomic E-state index is -0.310. The SMILES string of the molecule is CC(C)c1cccc(C(C)C)c1NC(=O)N(CC(=O)Nc1cc(C(C)(C)C)nn1C(C)(C)C)C(C)C. The van der Waals surface area contributed by atoms with Gasteiger partial charge in [-0.05, 0) is 57.6 Å². The number of para-hydroxylation sites is 1. The van der Waals surface area contributed by atoms with Crippen molar-refractivity contribution in [1.29, 1.82) is 0 Å². The van der Waals surface area contributed by atoms with Crippen LogP contribution in [0.2, 0.25) is 0 Å². The molecule has 0 bridgehead atoms. The highest BCUT2D eigenvalue weighted by Gasteiger charge is 2.28. The van der Waals surface area contributed by atoms with Crippen LogP contribution in [0.4, 0.5) is 16.3 Å². The van der Waals surface area contributed by atoms with E-state index in [9.17, 15) is 9.59 Å². The Morgan fingerprint density at radius 3 is 1.86 bits per heavy atom. The van der Waals surface area contributed by atoms with Crippen molar-refractivity contribution >= 4 is 23.4 Å². The summed E-state index contributed by atoms with van der Waals surface area (Å²) in [5.41, 5.74) is 3.46. The van der Waals surface area contributed by atoms with Crippen molar-refractivity contribution in [3.05, 3.63) is 41.1 Å². The number of hydrogen-bond acceptors (Lipinski definition) is 3. The molecule has 0 aliphatic rings. The van der Waals surface area contributed by atoms with E-state index in [0.29, 0.717) is 5.82 Å². The molecule has 0 fully saturated rings. The first-order valence-electron chi connectivity index (χ1n) is 13.0.